The molecule has 2 rings (SSSR count). The van der Waals surface area contributed by atoms with Crippen LogP contribution in [0.15, 0.2) is 23.1 Å². The minimum atomic E-state index is -3.62. The molecule has 0 atom stereocenters. The third-order valence-electron chi connectivity index (χ3n) is 4.97. The Balaban J connectivity index is 2.36. The fraction of sp³-hybridized carbons (Fsp3) is 0.650. The average molecular weight is 412 g/mol. The van der Waals surface area contributed by atoms with Gasteiger partial charge in [-0.2, -0.15) is 4.31 Å². The van der Waals surface area contributed by atoms with Gasteiger partial charge in [-0.3, -0.25) is 4.79 Å². The lowest BCUT2D eigenvalue weighted by atomic mass is 10.1. The van der Waals surface area contributed by atoms with Crippen LogP contribution in [-0.2, 0) is 14.8 Å². The van der Waals surface area contributed by atoms with E-state index in [0.29, 0.717) is 51.5 Å². The first-order valence-electron chi connectivity index (χ1n) is 10.2. The Bertz CT molecular complexity index is 742. The highest BCUT2D eigenvalue weighted by molar-refractivity contribution is 7.89. The van der Waals surface area contributed by atoms with E-state index in [0.717, 1.165) is 24.9 Å². The summed E-state index contributed by atoms with van der Waals surface area (Å²) in [5.41, 5.74) is 1.17. The number of nitrogens with one attached hydrogen (secondary N) is 1. The van der Waals surface area contributed by atoms with Gasteiger partial charge in [-0.1, -0.05) is 33.6 Å². The second-order valence-corrected chi connectivity index (χ2v) is 8.77. The number of carbonyl (C=O) groups excluding carboxylic acids is 1. The van der Waals surface area contributed by atoms with Gasteiger partial charge in [0.15, 0.2) is 0 Å². The molecule has 0 saturated carbocycles. The molecule has 8 heteroatoms. The van der Waals surface area contributed by atoms with Gasteiger partial charge in [0, 0.05) is 38.4 Å². The Hall–Kier alpha value is -1.64. The van der Waals surface area contributed by atoms with Crippen LogP contribution in [0.4, 0.5) is 5.69 Å². The maximum atomic E-state index is 12.9. The van der Waals surface area contributed by atoms with Crippen LogP contribution in [0.5, 0.6) is 0 Å². The summed E-state index contributed by atoms with van der Waals surface area (Å²) in [6.45, 7) is 9.65. The quantitative estimate of drug-likeness (QED) is 0.599. The number of ether oxygens (including phenoxy) is 1. The lowest BCUT2D eigenvalue weighted by Gasteiger charge is -2.30. The summed E-state index contributed by atoms with van der Waals surface area (Å²) in [6.07, 6.45) is 3.03. The van der Waals surface area contributed by atoms with Crippen LogP contribution in [0.1, 0.15) is 50.4 Å². The van der Waals surface area contributed by atoms with Crippen molar-refractivity contribution in [3.05, 3.63) is 23.8 Å². The molecule has 1 N–H and O–H groups in total. The van der Waals surface area contributed by atoms with E-state index >= 15 is 0 Å². The van der Waals surface area contributed by atoms with Gasteiger partial charge in [-0.05, 0) is 24.6 Å². The summed E-state index contributed by atoms with van der Waals surface area (Å²) >= 11 is 0. The molecule has 0 bridgehead atoms. The first-order valence-corrected chi connectivity index (χ1v) is 11.6. The Kier molecular flexibility index (Phi) is 8.72. The highest BCUT2D eigenvalue weighted by Crippen LogP contribution is 2.27. The number of sulfonamides is 1. The number of anilines is 1. The van der Waals surface area contributed by atoms with Crippen molar-refractivity contribution >= 4 is 21.6 Å². The summed E-state index contributed by atoms with van der Waals surface area (Å²) in [7, 11) is -3.62. The summed E-state index contributed by atoms with van der Waals surface area (Å²) in [5, 5.41) is 2.94. The standard InChI is InChI=1S/C20H33N3O4S/c1-4-7-8-11-21-20(24)18-16-17(28(25,26)23(5-2)6-3)9-10-19(18)22-12-14-27-15-13-22/h9-10,16H,4-8,11-15H2,1-3H3,(H,21,24). The van der Waals surface area contributed by atoms with E-state index in [2.05, 4.69) is 17.1 Å². The molecule has 1 saturated heterocycles. The van der Waals surface area contributed by atoms with E-state index in [-0.39, 0.29) is 10.8 Å². The Morgan fingerprint density at radius 2 is 1.82 bits per heavy atom. The van der Waals surface area contributed by atoms with E-state index < -0.39 is 10.0 Å². The fourth-order valence-corrected chi connectivity index (χ4v) is 4.81. The van der Waals surface area contributed by atoms with Gasteiger partial charge in [-0.25, -0.2) is 8.42 Å². The number of rotatable bonds is 10. The zero-order valence-electron chi connectivity index (χ0n) is 17.2. The molecule has 28 heavy (non-hydrogen) atoms. The number of hydrogen-bond donors (Lipinski definition) is 1. The molecule has 0 radical (unpaired) electrons. The van der Waals surface area contributed by atoms with E-state index in [9.17, 15) is 13.2 Å². The minimum Gasteiger partial charge on any atom is -0.378 e. The van der Waals surface area contributed by atoms with Gasteiger partial charge in [0.1, 0.15) is 0 Å². The normalized spacial score (nSPS) is 15.1. The van der Waals surface area contributed by atoms with Crippen molar-refractivity contribution in [1.29, 1.82) is 0 Å². The maximum absolute atomic E-state index is 12.9. The number of carbonyl (C=O) groups is 1. The van der Waals surface area contributed by atoms with Crippen LogP contribution in [0, 0.1) is 0 Å². The highest BCUT2D eigenvalue weighted by Gasteiger charge is 2.26. The van der Waals surface area contributed by atoms with Gasteiger partial charge in [0.25, 0.3) is 5.91 Å². The molecule has 1 aliphatic rings. The number of unbranched alkanes of at least 4 members (excludes halogenated alkanes) is 2. The smallest absolute Gasteiger partial charge is 0.253 e. The van der Waals surface area contributed by atoms with E-state index in [1.807, 2.05) is 13.8 Å². The number of benzene rings is 1. The lowest BCUT2D eigenvalue weighted by molar-refractivity contribution is 0.0951. The molecular weight excluding hydrogens is 378 g/mol. The molecular formula is C20H33N3O4S. The number of hydrogen-bond acceptors (Lipinski definition) is 5. The van der Waals surface area contributed by atoms with E-state index in [1.165, 1.54) is 10.4 Å². The predicted octanol–water partition coefficient (Wildman–Crippen LogP) is 2.47. The Morgan fingerprint density at radius 1 is 1.14 bits per heavy atom. The van der Waals surface area contributed by atoms with Crippen LogP contribution in [-0.4, -0.2) is 64.6 Å². The molecule has 0 aromatic heterocycles. The highest BCUT2D eigenvalue weighted by atomic mass is 32.2. The number of nitrogens with zero attached hydrogens (tertiary/aromatic N) is 2. The third kappa shape index (κ3) is 5.46. The second kappa shape index (κ2) is 10.8. The zero-order valence-corrected chi connectivity index (χ0v) is 18.1. The largest absolute Gasteiger partial charge is 0.378 e. The molecule has 0 spiro atoms. The van der Waals surface area contributed by atoms with E-state index in [4.69, 9.17) is 4.74 Å². The maximum Gasteiger partial charge on any atom is 0.253 e. The summed E-state index contributed by atoms with van der Waals surface area (Å²) in [5.74, 6) is -0.228. The zero-order chi connectivity index (χ0) is 20.6. The first kappa shape index (κ1) is 22.6. The van der Waals surface area contributed by atoms with Crippen molar-refractivity contribution in [2.24, 2.45) is 0 Å². The Labute approximate surface area is 169 Å². The molecule has 1 aromatic rings. The Morgan fingerprint density at radius 3 is 2.43 bits per heavy atom. The van der Waals surface area contributed by atoms with Crippen molar-refractivity contribution in [2.75, 3.05) is 50.8 Å². The van der Waals surface area contributed by atoms with Crippen molar-refractivity contribution in [3.63, 3.8) is 0 Å². The van der Waals surface area contributed by atoms with Crippen molar-refractivity contribution in [1.82, 2.24) is 9.62 Å². The van der Waals surface area contributed by atoms with Crippen LogP contribution in [0.2, 0.25) is 0 Å². The molecule has 1 heterocycles. The van der Waals surface area contributed by atoms with Crippen LogP contribution in [0.3, 0.4) is 0 Å². The summed E-state index contributed by atoms with van der Waals surface area (Å²) in [4.78, 5) is 15.1. The third-order valence-corrected chi connectivity index (χ3v) is 7.02. The van der Waals surface area contributed by atoms with Crippen molar-refractivity contribution in [3.8, 4) is 0 Å². The van der Waals surface area contributed by atoms with Gasteiger partial charge in [0.2, 0.25) is 10.0 Å². The molecule has 1 aromatic carbocycles. The topological polar surface area (TPSA) is 79.0 Å². The van der Waals surface area contributed by atoms with Gasteiger partial charge in [0.05, 0.1) is 23.7 Å². The van der Waals surface area contributed by atoms with Gasteiger partial charge < -0.3 is 15.0 Å². The molecule has 1 aliphatic heterocycles. The fourth-order valence-electron chi connectivity index (χ4n) is 3.32. The van der Waals surface area contributed by atoms with Gasteiger partial charge in [-0.15, -0.1) is 0 Å². The number of morpholine rings is 1. The average Bonchev–Trinajstić information content (AvgIpc) is 2.72. The summed E-state index contributed by atoms with van der Waals surface area (Å²) in [6, 6.07) is 4.88. The van der Waals surface area contributed by atoms with Crippen LogP contribution in [0.25, 0.3) is 0 Å². The number of amides is 1. The minimum absolute atomic E-state index is 0.159. The second-order valence-electron chi connectivity index (χ2n) is 6.83. The van der Waals surface area contributed by atoms with Crippen LogP contribution < -0.4 is 10.2 Å². The SMILES string of the molecule is CCCCCNC(=O)c1cc(S(=O)(=O)N(CC)CC)ccc1N1CCOCC1. The monoisotopic (exact) mass is 411 g/mol. The van der Waals surface area contributed by atoms with Gasteiger partial charge >= 0.3 is 0 Å². The molecule has 0 aliphatic carbocycles. The lowest BCUT2D eigenvalue weighted by Crippen LogP contribution is -2.38. The van der Waals surface area contributed by atoms with Crippen molar-refractivity contribution in [2.45, 2.75) is 44.9 Å². The molecule has 1 amide bonds. The molecule has 7 nitrogen and oxygen atoms in total. The molecule has 158 valence electrons. The predicted molar refractivity (Wildman–Crippen MR) is 111 cm³/mol. The first-order chi connectivity index (χ1) is 13.5. The van der Waals surface area contributed by atoms with Crippen LogP contribution >= 0.6 is 0 Å². The molecule has 1 fully saturated rings. The van der Waals surface area contributed by atoms with Crippen molar-refractivity contribution < 1.29 is 17.9 Å². The van der Waals surface area contributed by atoms with E-state index in [1.54, 1.807) is 12.1 Å². The molecule has 0 unspecified atom stereocenters. The summed E-state index contributed by atoms with van der Waals surface area (Å²) < 4.78 is 32.6.